The molecule has 0 aliphatic carbocycles. The fourth-order valence-electron chi connectivity index (χ4n) is 1.46. The van der Waals surface area contributed by atoms with Crippen LogP contribution in [0.3, 0.4) is 0 Å². The van der Waals surface area contributed by atoms with Crippen molar-refractivity contribution in [3.05, 3.63) is 35.9 Å². The maximum absolute atomic E-state index is 13.5. The van der Waals surface area contributed by atoms with Gasteiger partial charge in [-0.1, -0.05) is 30.3 Å². The fourth-order valence-corrected chi connectivity index (χ4v) is 1.46. The van der Waals surface area contributed by atoms with E-state index >= 15 is 0 Å². The van der Waals surface area contributed by atoms with E-state index in [1.165, 1.54) is 0 Å². The summed E-state index contributed by atoms with van der Waals surface area (Å²) in [5, 5.41) is 17.5. The smallest absolute Gasteiger partial charge is 0.156 e. The largest absolute Gasteiger partial charge is 0.393 e. The lowest BCUT2D eigenvalue weighted by atomic mass is 9.98. The first-order chi connectivity index (χ1) is 7.20. The number of aliphatic hydroxyl groups excluding tert-OH is 2. The number of benzene rings is 1. The second-order valence-electron chi connectivity index (χ2n) is 3.81. The van der Waals surface area contributed by atoms with E-state index in [-0.39, 0.29) is 6.42 Å². The highest BCUT2D eigenvalue weighted by molar-refractivity contribution is 5.14. The quantitative estimate of drug-likeness (QED) is 0.753. The molecule has 1 rings (SSSR count). The SMILES string of the molecule is OCC(F)(CO)CCCc1ccccc1. The second kappa shape index (κ2) is 5.83. The Labute approximate surface area is 89.4 Å². The summed E-state index contributed by atoms with van der Waals surface area (Å²) in [6.07, 6.45) is 1.59. The zero-order chi connectivity index (χ0) is 11.1. The minimum Gasteiger partial charge on any atom is -0.393 e. The van der Waals surface area contributed by atoms with E-state index in [2.05, 4.69) is 0 Å². The van der Waals surface area contributed by atoms with Crippen LogP contribution in [0.25, 0.3) is 0 Å². The molecule has 0 saturated carbocycles. The molecule has 0 radical (unpaired) electrons. The highest BCUT2D eigenvalue weighted by Crippen LogP contribution is 2.18. The summed E-state index contributed by atoms with van der Waals surface area (Å²) in [4.78, 5) is 0. The van der Waals surface area contributed by atoms with E-state index in [1.54, 1.807) is 0 Å². The first-order valence-electron chi connectivity index (χ1n) is 5.15. The summed E-state index contributed by atoms with van der Waals surface area (Å²) >= 11 is 0. The van der Waals surface area contributed by atoms with Crippen LogP contribution < -0.4 is 0 Å². The fraction of sp³-hybridized carbons (Fsp3) is 0.500. The van der Waals surface area contributed by atoms with Gasteiger partial charge in [-0.25, -0.2) is 4.39 Å². The molecule has 1 aromatic rings. The summed E-state index contributed by atoms with van der Waals surface area (Å²) in [6, 6.07) is 9.78. The van der Waals surface area contributed by atoms with Crippen molar-refractivity contribution in [2.24, 2.45) is 0 Å². The van der Waals surface area contributed by atoms with Gasteiger partial charge in [-0.15, -0.1) is 0 Å². The van der Waals surface area contributed by atoms with Crippen molar-refractivity contribution >= 4 is 0 Å². The molecule has 15 heavy (non-hydrogen) atoms. The maximum atomic E-state index is 13.5. The molecular formula is C12H17FO2. The lowest BCUT2D eigenvalue weighted by molar-refractivity contribution is 0.00838. The van der Waals surface area contributed by atoms with Gasteiger partial charge >= 0.3 is 0 Å². The van der Waals surface area contributed by atoms with Crippen LogP contribution in [0.1, 0.15) is 18.4 Å². The zero-order valence-electron chi connectivity index (χ0n) is 8.69. The molecule has 3 heteroatoms. The van der Waals surface area contributed by atoms with Gasteiger partial charge in [0.25, 0.3) is 0 Å². The Morgan fingerprint density at radius 1 is 1.07 bits per heavy atom. The van der Waals surface area contributed by atoms with Crippen LogP contribution in [0.2, 0.25) is 0 Å². The van der Waals surface area contributed by atoms with Gasteiger partial charge in [-0.05, 0) is 24.8 Å². The summed E-state index contributed by atoms with van der Waals surface area (Å²) in [5.74, 6) is 0. The molecule has 0 heterocycles. The predicted molar refractivity (Wildman–Crippen MR) is 57.4 cm³/mol. The third kappa shape index (κ3) is 3.98. The summed E-state index contributed by atoms with van der Waals surface area (Å²) < 4.78 is 13.5. The van der Waals surface area contributed by atoms with Gasteiger partial charge in [0.05, 0.1) is 13.2 Å². The van der Waals surface area contributed by atoms with Gasteiger partial charge in [-0.2, -0.15) is 0 Å². The predicted octanol–water partition coefficient (Wildman–Crippen LogP) is 1.70. The molecule has 0 fully saturated rings. The number of aryl methyl sites for hydroxylation is 1. The highest BCUT2D eigenvalue weighted by Gasteiger charge is 2.26. The maximum Gasteiger partial charge on any atom is 0.156 e. The molecule has 0 aromatic heterocycles. The standard InChI is InChI=1S/C12H17FO2/c13-12(9-14,10-15)8-4-7-11-5-2-1-3-6-11/h1-3,5-6,14-15H,4,7-10H2. The van der Waals surface area contributed by atoms with Crippen LogP contribution in [0.4, 0.5) is 4.39 Å². The molecule has 84 valence electrons. The molecule has 0 aliphatic rings. The van der Waals surface area contributed by atoms with Crippen LogP contribution in [0, 0.1) is 0 Å². The zero-order valence-corrected chi connectivity index (χ0v) is 8.69. The lowest BCUT2D eigenvalue weighted by Gasteiger charge is -2.19. The van der Waals surface area contributed by atoms with Crippen LogP contribution in [-0.4, -0.2) is 29.1 Å². The molecule has 0 aliphatic heterocycles. The molecule has 0 amide bonds. The monoisotopic (exact) mass is 212 g/mol. The minimum absolute atomic E-state index is 0.189. The Bertz CT molecular complexity index is 270. The second-order valence-corrected chi connectivity index (χ2v) is 3.81. The first kappa shape index (κ1) is 12.1. The van der Waals surface area contributed by atoms with E-state index in [0.29, 0.717) is 6.42 Å². The Balaban J connectivity index is 2.33. The molecular weight excluding hydrogens is 195 g/mol. The van der Waals surface area contributed by atoms with Crippen molar-refractivity contribution in [3.63, 3.8) is 0 Å². The van der Waals surface area contributed by atoms with E-state index in [9.17, 15) is 4.39 Å². The number of alkyl halides is 1. The van der Waals surface area contributed by atoms with Gasteiger partial charge < -0.3 is 10.2 Å². The highest BCUT2D eigenvalue weighted by atomic mass is 19.1. The van der Waals surface area contributed by atoms with Crippen molar-refractivity contribution in [2.45, 2.75) is 24.9 Å². The molecule has 0 saturated heterocycles. The normalized spacial score (nSPS) is 11.7. The van der Waals surface area contributed by atoms with Gasteiger partial charge in [0.2, 0.25) is 0 Å². The average molecular weight is 212 g/mol. The Kier molecular flexibility index (Phi) is 4.72. The Morgan fingerprint density at radius 2 is 1.67 bits per heavy atom. The molecule has 0 spiro atoms. The molecule has 0 atom stereocenters. The van der Waals surface area contributed by atoms with E-state index in [1.807, 2.05) is 30.3 Å². The van der Waals surface area contributed by atoms with Crippen LogP contribution in [0.15, 0.2) is 30.3 Å². The number of hydrogen-bond donors (Lipinski definition) is 2. The van der Waals surface area contributed by atoms with Crippen molar-refractivity contribution in [1.82, 2.24) is 0 Å². The summed E-state index contributed by atoms with van der Waals surface area (Å²) in [5.41, 5.74) is -0.676. The van der Waals surface area contributed by atoms with Gasteiger partial charge in [0.15, 0.2) is 5.67 Å². The van der Waals surface area contributed by atoms with Crippen molar-refractivity contribution in [3.8, 4) is 0 Å². The molecule has 0 unspecified atom stereocenters. The minimum atomic E-state index is -1.82. The lowest BCUT2D eigenvalue weighted by Crippen LogP contribution is -2.32. The average Bonchev–Trinajstić information content (AvgIpc) is 2.30. The van der Waals surface area contributed by atoms with E-state index < -0.39 is 18.9 Å². The van der Waals surface area contributed by atoms with E-state index in [4.69, 9.17) is 10.2 Å². The van der Waals surface area contributed by atoms with Gasteiger partial charge in [-0.3, -0.25) is 0 Å². The third-order valence-electron chi connectivity index (χ3n) is 2.50. The molecule has 0 bridgehead atoms. The third-order valence-corrected chi connectivity index (χ3v) is 2.50. The van der Waals surface area contributed by atoms with Gasteiger partial charge in [0.1, 0.15) is 0 Å². The summed E-state index contributed by atoms with van der Waals surface area (Å²) in [7, 11) is 0. The molecule has 2 nitrogen and oxygen atoms in total. The Morgan fingerprint density at radius 3 is 2.20 bits per heavy atom. The number of hydrogen-bond acceptors (Lipinski definition) is 2. The Hall–Kier alpha value is -0.930. The number of halogens is 1. The van der Waals surface area contributed by atoms with E-state index in [0.717, 1.165) is 12.0 Å². The number of rotatable bonds is 6. The van der Waals surface area contributed by atoms with Crippen LogP contribution in [-0.2, 0) is 6.42 Å². The summed E-state index contributed by atoms with van der Waals surface area (Å²) in [6.45, 7) is -1.23. The van der Waals surface area contributed by atoms with Crippen LogP contribution in [0.5, 0.6) is 0 Å². The molecule has 2 N–H and O–H groups in total. The topological polar surface area (TPSA) is 40.5 Å². The van der Waals surface area contributed by atoms with Crippen molar-refractivity contribution < 1.29 is 14.6 Å². The molecule has 1 aromatic carbocycles. The van der Waals surface area contributed by atoms with Gasteiger partial charge in [0, 0.05) is 0 Å². The number of aliphatic hydroxyl groups is 2. The van der Waals surface area contributed by atoms with Crippen LogP contribution >= 0.6 is 0 Å². The van der Waals surface area contributed by atoms with Crippen molar-refractivity contribution in [2.75, 3.05) is 13.2 Å². The van der Waals surface area contributed by atoms with Crippen molar-refractivity contribution in [1.29, 1.82) is 0 Å². The first-order valence-corrected chi connectivity index (χ1v) is 5.15.